The van der Waals surface area contributed by atoms with Gasteiger partial charge in [-0.15, -0.1) is 0 Å². The molecule has 1 aromatic carbocycles. The summed E-state index contributed by atoms with van der Waals surface area (Å²) in [6.07, 6.45) is 2.42. The minimum atomic E-state index is -4.05. The fourth-order valence-electron chi connectivity index (χ4n) is 2.30. The molecule has 0 amide bonds. The molecule has 0 spiro atoms. The van der Waals surface area contributed by atoms with Gasteiger partial charge in [-0.1, -0.05) is 0 Å². The van der Waals surface area contributed by atoms with Crippen LogP contribution in [0.25, 0.3) is 0 Å². The second-order valence-electron chi connectivity index (χ2n) is 4.10. The van der Waals surface area contributed by atoms with Crippen LogP contribution in [0.2, 0.25) is 4.82 Å². The van der Waals surface area contributed by atoms with Gasteiger partial charge < -0.3 is 0 Å². The van der Waals surface area contributed by atoms with Gasteiger partial charge in [-0.25, -0.2) is 0 Å². The van der Waals surface area contributed by atoms with Crippen molar-refractivity contribution in [1.29, 1.82) is 0 Å². The van der Waals surface area contributed by atoms with E-state index in [4.69, 9.17) is 4.74 Å². The van der Waals surface area contributed by atoms with E-state index in [1.165, 1.54) is 0 Å². The predicted molar refractivity (Wildman–Crippen MR) is 61.6 cm³/mol. The molecule has 1 aliphatic carbocycles. The molecule has 0 aliphatic heterocycles. The normalized spacial score (nSPS) is 25.8. The molecule has 0 N–H and O–H groups in total. The standard InChI is InChI=1S/C12H16O3Se/c1-15-11-8-5-9-12(11)16(13,14)10-6-3-2-4-7-10/h2-4,6-7,11-12H,5,8-9H2,1H3/t11-,12-/m0/s1. The molecule has 16 heavy (non-hydrogen) atoms. The molecule has 1 aromatic rings. The average molecular weight is 287 g/mol. The van der Waals surface area contributed by atoms with Gasteiger partial charge in [0.05, 0.1) is 0 Å². The van der Waals surface area contributed by atoms with Crippen LogP contribution in [0.1, 0.15) is 19.3 Å². The molecule has 2 atom stereocenters. The summed E-state index contributed by atoms with van der Waals surface area (Å²) in [6.45, 7) is 0. The van der Waals surface area contributed by atoms with Crippen molar-refractivity contribution >= 4 is 17.2 Å². The van der Waals surface area contributed by atoms with E-state index in [-0.39, 0.29) is 10.9 Å². The Balaban J connectivity index is 2.33. The van der Waals surface area contributed by atoms with Crippen LogP contribution in [0.3, 0.4) is 0 Å². The number of hydrogen-bond acceptors (Lipinski definition) is 3. The van der Waals surface area contributed by atoms with Gasteiger partial charge in [0, 0.05) is 0 Å². The van der Waals surface area contributed by atoms with Crippen LogP contribution in [-0.4, -0.2) is 25.9 Å². The maximum absolute atomic E-state index is 12.4. The molecule has 0 saturated heterocycles. The summed E-state index contributed by atoms with van der Waals surface area (Å²) >= 11 is -4.05. The van der Waals surface area contributed by atoms with Gasteiger partial charge >= 0.3 is 97.2 Å². The summed E-state index contributed by atoms with van der Waals surface area (Å²) in [5.41, 5.74) is 0. The third-order valence-corrected chi connectivity index (χ3v) is 7.92. The summed E-state index contributed by atoms with van der Waals surface area (Å²) in [5.74, 6) is 0. The average Bonchev–Trinajstić information content (AvgIpc) is 2.79. The van der Waals surface area contributed by atoms with Crippen LogP contribution in [0, 0.1) is 0 Å². The molecule has 4 heteroatoms. The van der Waals surface area contributed by atoms with Crippen LogP contribution in [0.4, 0.5) is 0 Å². The molecule has 0 heterocycles. The first kappa shape index (κ1) is 11.8. The van der Waals surface area contributed by atoms with Gasteiger partial charge in [0.15, 0.2) is 0 Å². The third-order valence-electron chi connectivity index (χ3n) is 3.17. The molecule has 88 valence electrons. The molecule has 0 bridgehead atoms. The van der Waals surface area contributed by atoms with E-state index < -0.39 is 12.7 Å². The molecule has 1 aliphatic rings. The third kappa shape index (κ3) is 2.05. The monoisotopic (exact) mass is 288 g/mol. The number of benzene rings is 1. The van der Waals surface area contributed by atoms with E-state index in [2.05, 4.69) is 0 Å². The quantitative estimate of drug-likeness (QED) is 0.796. The van der Waals surface area contributed by atoms with Crippen molar-refractivity contribution < 1.29 is 12.4 Å². The summed E-state index contributed by atoms with van der Waals surface area (Å²) in [7, 11) is 1.60. The summed E-state index contributed by atoms with van der Waals surface area (Å²) in [6, 6.07) is 8.75. The summed E-state index contributed by atoms with van der Waals surface area (Å²) in [5, 5.41) is 0. The Bertz CT molecular complexity index is 439. The van der Waals surface area contributed by atoms with E-state index in [1.54, 1.807) is 31.4 Å². The SMILES string of the molecule is CO[C@H]1CCC[C@@H]1[Se](=O)(=O)c1ccccc1. The first-order valence-electron chi connectivity index (χ1n) is 5.48. The summed E-state index contributed by atoms with van der Waals surface area (Å²) < 4.78 is 30.5. The molecule has 0 aromatic heterocycles. The fourth-order valence-corrected chi connectivity index (χ4v) is 6.52. The maximum atomic E-state index is 12.4. The van der Waals surface area contributed by atoms with E-state index in [9.17, 15) is 7.67 Å². The summed E-state index contributed by atoms with van der Waals surface area (Å²) in [4.78, 5) is -0.302. The topological polar surface area (TPSA) is 43.4 Å². The van der Waals surface area contributed by atoms with Gasteiger partial charge in [-0.3, -0.25) is 0 Å². The molecule has 0 unspecified atom stereocenters. The van der Waals surface area contributed by atoms with Crippen LogP contribution in [-0.2, 0) is 12.4 Å². The van der Waals surface area contributed by atoms with Crippen molar-refractivity contribution in [3.8, 4) is 0 Å². The van der Waals surface area contributed by atoms with Crippen molar-refractivity contribution in [2.75, 3.05) is 7.11 Å². The first-order valence-corrected chi connectivity index (χ1v) is 8.72. The van der Waals surface area contributed by atoms with Crippen LogP contribution in [0.15, 0.2) is 30.3 Å². The molecular formula is C12H16O3Se. The van der Waals surface area contributed by atoms with Gasteiger partial charge in [0.25, 0.3) is 0 Å². The second-order valence-corrected chi connectivity index (χ2v) is 8.65. The van der Waals surface area contributed by atoms with E-state index in [0.717, 1.165) is 19.3 Å². The Hall–Kier alpha value is -0.701. The number of hydrogen-bond donors (Lipinski definition) is 0. The zero-order valence-electron chi connectivity index (χ0n) is 9.30. The molecule has 1 saturated carbocycles. The van der Waals surface area contributed by atoms with Gasteiger partial charge in [0.1, 0.15) is 0 Å². The Labute approximate surface area is 97.4 Å². The van der Waals surface area contributed by atoms with Crippen molar-refractivity contribution in [2.45, 2.75) is 30.2 Å². The molecule has 1 fully saturated rings. The molecule has 0 radical (unpaired) electrons. The van der Waals surface area contributed by atoms with Crippen molar-refractivity contribution in [3.05, 3.63) is 30.3 Å². The van der Waals surface area contributed by atoms with E-state index in [0.29, 0.717) is 4.46 Å². The first-order chi connectivity index (χ1) is 7.66. The Morgan fingerprint density at radius 3 is 2.50 bits per heavy atom. The Morgan fingerprint density at radius 1 is 1.19 bits per heavy atom. The number of ether oxygens (including phenoxy) is 1. The minimum absolute atomic E-state index is 0.116. The molecular weight excluding hydrogens is 271 g/mol. The number of methoxy groups -OCH3 is 1. The van der Waals surface area contributed by atoms with Crippen molar-refractivity contribution in [3.63, 3.8) is 0 Å². The predicted octanol–water partition coefficient (Wildman–Crippen LogP) is 1.77. The second kappa shape index (κ2) is 4.66. The van der Waals surface area contributed by atoms with Crippen molar-refractivity contribution in [1.82, 2.24) is 0 Å². The van der Waals surface area contributed by atoms with Crippen molar-refractivity contribution in [2.24, 2.45) is 0 Å². The zero-order valence-corrected chi connectivity index (χ0v) is 11.0. The molecule has 2 rings (SSSR count). The van der Waals surface area contributed by atoms with Crippen LogP contribution in [0.5, 0.6) is 0 Å². The molecule has 3 nitrogen and oxygen atoms in total. The fraction of sp³-hybridized carbons (Fsp3) is 0.500. The van der Waals surface area contributed by atoms with Gasteiger partial charge in [-0.05, 0) is 0 Å². The van der Waals surface area contributed by atoms with Crippen LogP contribution < -0.4 is 4.46 Å². The van der Waals surface area contributed by atoms with E-state index in [1.807, 2.05) is 6.07 Å². The van der Waals surface area contributed by atoms with E-state index >= 15 is 0 Å². The Kier molecular flexibility index (Phi) is 3.43. The van der Waals surface area contributed by atoms with Gasteiger partial charge in [0.2, 0.25) is 0 Å². The zero-order chi connectivity index (χ0) is 11.6. The Morgan fingerprint density at radius 2 is 1.88 bits per heavy atom. The number of rotatable bonds is 3. The van der Waals surface area contributed by atoms with Gasteiger partial charge in [-0.2, -0.15) is 0 Å². The van der Waals surface area contributed by atoms with Crippen LogP contribution >= 0.6 is 0 Å².